The predicted molar refractivity (Wildman–Crippen MR) is 106 cm³/mol. The second-order valence-corrected chi connectivity index (χ2v) is 6.90. The molecule has 0 bridgehead atoms. The third kappa shape index (κ3) is 4.49. The third-order valence-electron chi connectivity index (χ3n) is 5.04. The SMILES string of the molecule is Cl.O=C1COc2ccc(C(=O)NC3CNCCC3c3ccc(F)c(F)c3)cc2N1. The molecule has 2 aromatic carbocycles. The minimum Gasteiger partial charge on any atom is -0.482 e. The van der Waals surface area contributed by atoms with Gasteiger partial charge in [-0.1, -0.05) is 6.07 Å². The zero-order valence-corrected chi connectivity index (χ0v) is 16.2. The molecule has 9 heteroatoms. The van der Waals surface area contributed by atoms with Gasteiger partial charge in [0.15, 0.2) is 18.2 Å². The first-order chi connectivity index (χ1) is 13.5. The zero-order chi connectivity index (χ0) is 19.7. The molecule has 29 heavy (non-hydrogen) atoms. The van der Waals surface area contributed by atoms with Crippen LogP contribution >= 0.6 is 12.4 Å². The summed E-state index contributed by atoms with van der Waals surface area (Å²) < 4.78 is 32.2. The van der Waals surface area contributed by atoms with Gasteiger partial charge < -0.3 is 20.7 Å². The Labute approximate surface area is 172 Å². The Balaban J connectivity index is 0.00000240. The number of hydrogen-bond donors (Lipinski definition) is 3. The molecule has 0 saturated carbocycles. The van der Waals surface area contributed by atoms with Crippen LogP contribution in [0, 0.1) is 11.6 Å². The summed E-state index contributed by atoms with van der Waals surface area (Å²) in [5.41, 5.74) is 1.47. The molecule has 4 rings (SSSR count). The number of ether oxygens (including phenoxy) is 1. The van der Waals surface area contributed by atoms with Crippen LogP contribution in [-0.4, -0.2) is 37.6 Å². The maximum atomic E-state index is 13.7. The summed E-state index contributed by atoms with van der Waals surface area (Å²) in [6.45, 7) is 1.18. The van der Waals surface area contributed by atoms with Crippen LogP contribution in [0.2, 0.25) is 0 Å². The Morgan fingerprint density at radius 3 is 2.76 bits per heavy atom. The van der Waals surface area contributed by atoms with Gasteiger partial charge >= 0.3 is 0 Å². The van der Waals surface area contributed by atoms with Gasteiger partial charge in [-0.25, -0.2) is 8.78 Å². The van der Waals surface area contributed by atoms with Gasteiger partial charge in [-0.2, -0.15) is 0 Å². The first-order valence-corrected chi connectivity index (χ1v) is 9.04. The molecule has 6 nitrogen and oxygen atoms in total. The Hall–Kier alpha value is -2.71. The molecule has 2 amide bonds. The quantitative estimate of drug-likeness (QED) is 0.709. The Kier molecular flexibility index (Phi) is 6.34. The molecule has 0 aromatic heterocycles. The lowest BCUT2D eigenvalue weighted by molar-refractivity contribution is -0.118. The summed E-state index contributed by atoms with van der Waals surface area (Å²) in [5, 5.41) is 8.85. The van der Waals surface area contributed by atoms with Crippen LogP contribution in [0.25, 0.3) is 0 Å². The highest BCUT2D eigenvalue weighted by Crippen LogP contribution is 2.30. The fourth-order valence-electron chi connectivity index (χ4n) is 3.63. The number of benzene rings is 2. The van der Waals surface area contributed by atoms with Gasteiger partial charge in [-0.15, -0.1) is 12.4 Å². The lowest BCUT2D eigenvalue weighted by Crippen LogP contribution is -2.50. The largest absolute Gasteiger partial charge is 0.482 e. The van der Waals surface area contributed by atoms with E-state index >= 15 is 0 Å². The topological polar surface area (TPSA) is 79.5 Å². The summed E-state index contributed by atoms with van der Waals surface area (Å²) in [7, 11) is 0. The van der Waals surface area contributed by atoms with Crippen LogP contribution in [0.15, 0.2) is 36.4 Å². The average molecular weight is 424 g/mol. The van der Waals surface area contributed by atoms with Crippen molar-refractivity contribution in [2.24, 2.45) is 0 Å². The van der Waals surface area contributed by atoms with Crippen LogP contribution in [0.4, 0.5) is 14.5 Å². The first-order valence-electron chi connectivity index (χ1n) is 9.04. The van der Waals surface area contributed by atoms with Gasteiger partial charge in [0.1, 0.15) is 5.75 Å². The van der Waals surface area contributed by atoms with Crippen molar-refractivity contribution >= 4 is 29.9 Å². The Morgan fingerprint density at radius 1 is 1.14 bits per heavy atom. The predicted octanol–water partition coefficient (Wildman–Crippen LogP) is 2.59. The molecule has 2 heterocycles. The van der Waals surface area contributed by atoms with Crippen molar-refractivity contribution in [2.45, 2.75) is 18.4 Å². The summed E-state index contributed by atoms with van der Waals surface area (Å²) in [4.78, 5) is 24.2. The lowest BCUT2D eigenvalue weighted by atomic mass is 9.85. The number of hydrogen-bond acceptors (Lipinski definition) is 4. The van der Waals surface area contributed by atoms with Gasteiger partial charge in [0.05, 0.1) is 5.69 Å². The first kappa shape index (κ1) is 21.0. The van der Waals surface area contributed by atoms with Gasteiger partial charge in [0.25, 0.3) is 11.8 Å². The van der Waals surface area contributed by atoms with E-state index in [1.165, 1.54) is 6.07 Å². The molecule has 0 aliphatic carbocycles. The molecule has 154 valence electrons. The van der Waals surface area contributed by atoms with Gasteiger partial charge in [0, 0.05) is 24.1 Å². The summed E-state index contributed by atoms with van der Waals surface area (Å²) in [5.74, 6) is -2.01. The van der Waals surface area contributed by atoms with Crippen LogP contribution in [0.5, 0.6) is 5.75 Å². The molecule has 2 aliphatic heterocycles. The maximum Gasteiger partial charge on any atom is 0.262 e. The minimum atomic E-state index is -0.897. The number of carbonyl (C=O) groups is 2. The van der Waals surface area contributed by atoms with E-state index < -0.39 is 11.6 Å². The fourth-order valence-corrected chi connectivity index (χ4v) is 3.63. The molecule has 2 aliphatic rings. The molecule has 2 unspecified atom stereocenters. The van der Waals surface area contributed by atoms with Crippen molar-refractivity contribution in [1.29, 1.82) is 0 Å². The monoisotopic (exact) mass is 423 g/mol. The molecule has 2 atom stereocenters. The average Bonchev–Trinajstić information content (AvgIpc) is 2.70. The van der Waals surface area contributed by atoms with Crippen molar-refractivity contribution in [1.82, 2.24) is 10.6 Å². The number of fused-ring (bicyclic) bond motifs is 1. The van der Waals surface area contributed by atoms with Crippen molar-refractivity contribution in [2.75, 3.05) is 25.0 Å². The summed E-state index contributed by atoms with van der Waals surface area (Å²) in [6, 6.07) is 8.38. The lowest BCUT2D eigenvalue weighted by Gasteiger charge is -2.33. The number of nitrogens with one attached hydrogen (secondary N) is 3. The molecular formula is C20H20ClF2N3O3. The second kappa shape index (κ2) is 8.75. The van der Waals surface area contributed by atoms with Crippen molar-refractivity contribution < 1.29 is 23.1 Å². The van der Waals surface area contributed by atoms with Crippen molar-refractivity contribution in [3.05, 3.63) is 59.2 Å². The second-order valence-electron chi connectivity index (χ2n) is 6.90. The highest BCUT2D eigenvalue weighted by Gasteiger charge is 2.29. The van der Waals surface area contributed by atoms with E-state index in [0.29, 0.717) is 35.5 Å². The van der Waals surface area contributed by atoms with Crippen molar-refractivity contribution in [3.8, 4) is 5.75 Å². The van der Waals surface area contributed by atoms with E-state index in [4.69, 9.17) is 4.74 Å². The van der Waals surface area contributed by atoms with Crippen LogP contribution in [-0.2, 0) is 4.79 Å². The van der Waals surface area contributed by atoms with E-state index in [0.717, 1.165) is 12.6 Å². The smallest absolute Gasteiger partial charge is 0.262 e. The normalized spacial score (nSPS) is 20.6. The minimum absolute atomic E-state index is 0. The van der Waals surface area contributed by atoms with E-state index in [1.807, 2.05) is 0 Å². The van der Waals surface area contributed by atoms with Gasteiger partial charge in [-0.05, 0) is 48.9 Å². The Bertz CT molecular complexity index is 941. The van der Waals surface area contributed by atoms with E-state index in [9.17, 15) is 18.4 Å². The molecule has 2 aromatic rings. The number of carbonyl (C=O) groups excluding carboxylic acids is 2. The number of halogens is 3. The summed E-state index contributed by atoms with van der Waals surface area (Å²) in [6.07, 6.45) is 0.685. The molecular weight excluding hydrogens is 404 g/mol. The number of amides is 2. The molecule has 0 radical (unpaired) electrons. The van der Waals surface area contributed by atoms with Crippen LogP contribution < -0.4 is 20.7 Å². The third-order valence-corrected chi connectivity index (χ3v) is 5.04. The fraction of sp³-hybridized carbons (Fsp3) is 0.300. The Morgan fingerprint density at radius 2 is 1.97 bits per heavy atom. The molecule has 1 fully saturated rings. The van der Waals surface area contributed by atoms with Crippen LogP contribution in [0.1, 0.15) is 28.3 Å². The van der Waals surface area contributed by atoms with E-state index in [2.05, 4.69) is 16.0 Å². The highest BCUT2D eigenvalue weighted by atomic mass is 35.5. The molecule has 3 N–H and O–H groups in total. The van der Waals surface area contributed by atoms with Crippen LogP contribution in [0.3, 0.4) is 0 Å². The summed E-state index contributed by atoms with van der Waals surface area (Å²) >= 11 is 0. The number of piperidine rings is 1. The zero-order valence-electron chi connectivity index (χ0n) is 15.3. The standard InChI is InChI=1S/C20H19F2N3O3.ClH/c21-14-3-1-11(7-15(14)22)13-5-6-23-9-17(13)25-20(27)12-2-4-18-16(8-12)24-19(26)10-28-18;/h1-4,7-8,13,17,23H,5-6,9-10H2,(H,24,26)(H,25,27);1H. The van der Waals surface area contributed by atoms with Gasteiger partial charge in [0.2, 0.25) is 0 Å². The van der Waals surface area contributed by atoms with Crippen molar-refractivity contribution in [3.63, 3.8) is 0 Å². The van der Waals surface area contributed by atoms with E-state index in [1.54, 1.807) is 24.3 Å². The van der Waals surface area contributed by atoms with Gasteiger partial charge in [-0.3, -0.25) is 9.59 Å². The molecule has 0 spiro atoms. The highest BCUT2D eigenvalue weighted by molar-refractivity contribution is 6.00. The number of rotatable bonds is 3. The maximum absolute atomic E-state index is 13.7. The molecule has 1 saturated heterocycles. The number of anilines is 1. The van der Waals surface area contributed by atoms with E-state index in [-0.39, 0.29) is 42.8 Å².